The van der Waals surface area contributed by atoms with Crippen molar-refractivity contribution in [1.82, 2.24) is 9.97 Å². The van der Waals surface area contributed by atoms with Crippen molar-refractivity contribution in [1.29, 1.82) is 0 Å². The average Bonchev–Trinajstić information content (AvgIpc) is 3.87. The van der Waals surface area contributed by atoms with E-state index in [1.807, 2.05) is 80.6 Å². The molecule has 278 valence electrons. The predicted octanol–water partition coefficient (Wildman–Crippen LogP) is 9.24. The van der Waals surface area contributed by atoms with Crippen molar-refractivity contribution in [3.05, 3.63) is 166 Å². The molecule has 0 atom stereocenters. The molecule has 2 heterocycles. The standard InChI is InChI=1S/C24H21N3O4S2.C17H15N3OS/c1-16-5-3-4-6-21(16)23(28)22-15-25-24(32-22)26-17-7-9-18(10-8-17)27-33(29,30)20-13-11-19(31-2)12-14-20;1-11-4-2-3-5-14(11)16(21)15-10-22-17(20-15)19-13-8-6-12(18)7-9-13/h3-15,27H,1-2H3,(H,25,26);2-10H,18H2,1H3,(H,19,20). The monoisotopic (exact) mass is 788 g/mol. The molecule has 0 aliphatic heterocycles. The van der Waals surface area contributed by atoms with E-state index in [1.54, 1.807) is 54.0 Å². The van der Waals surface area contributed by atoms with Gasteiger partial charge in [-0.25, -0.2) is 18.4 Å². The van der Waals surface area contributed by atoms with Crippen LogP contribution in [0.3, 0.4) is 0 Å². The second-order valence-corrected chi connectivity index (χ2v) is 15.7. The molecule has 0 saturated heterocycles. The molecule has 2 aromatic heterocycles. The number of rotatable bonds is 12. The third kappa shape index (κ3) is 9.80. The minimum atomic E-state index is -3.72. The molecule has 55 heavy (non-hydrogen) atoms. The normalized spacial score (nSPS) is 10.8. The molecule has 5 N–H and O–H groups in total. The first-order valence-electron chi connectivity index (χ1n) is 16.8. The Bertz CT molecular complexity index is 2530. The van der Waals surface area contributed by atoms with E-state index in [0.717, 1.165) is 16.8 Å². The molecule has 7 rings (SSSR count). The Balaban J connectivity index is 0.000000203. The van der Waals surface area contributed by atoms with E-state index in [0.29, 0.717) is 54.8 Å². The van der Waals surface area contributed by atoms with Crippen LogP contribution in [-0.2, 0) is 10.0 Å². The number of carbonyl (C=O) groups is 2. The number of ketones is 2. The van der Waals surface area contributed by atoms with Crippen LogP contribution in [0.5, 0.6) is 5.75 Å². The number of benzene rings is 5. The number of nitrogen functional groups attached to an aromatic ring is 1. The number of nitrogens with one attached hydrogen (secondary N) is 3. The van der Waals surface area contributed by atoms with Crippen LogP contribution < -0.4 is 25.8 Å². The van der Waals surface area contributed by atoms with E-state index >= 15 is 0 Å². The molecule has 7 aromatic rings. The number of hydrogen-bond acceptors (Lipinski definition) is 12. The number of sulfonamides is 1. The fourth-order valence-corrected chi connectivity index (χ4v) is 7.76. The van der Waals surface area contributed by atoms with E-state index in [1.165, 1.54) is 41.9 Å². The third-order valence-corrected chi connectivity index (χ3v) is 11.2. The summed E-state index contributed by atoms with van der Waals surface area (Å²) in [5, 5.41) is 9.34. The summed E-state index contributed by atoms with van der Waals surface area (Å²) in [4.78, 5) is 34.5. The molecule has 0 aliphatic rings. The highest BCUT2D eigenvalue weighted by Crippen LogP contribution is 2.28. The van der Waals surface area contributed by atoms with Crippen LogP contribution in [0.25, 0.3) is 0 Å². The molecule has 0 spiro atoms. The molecule has 0 amide bonds. The van der Waals surface area contributed by atoms with Crippen molar-refractivity contribution in [2.24, 2.45) is 0 Å². The van der Waals surface area contributed by atoms with Gasteiger partial charge in [0.15, 0.2) is 10.3 Å². The summed E-state index contributed by atoms with van der Waals surface area (Å²) in [6.45, 7) is 3.82. The Kier molecular flexibility index (Phi) is 12.0. The van der Waals surface area contributed by atoms with Gasteiger partial charge < -0.3 is 21.1 Å². The number of aromatic nitrogens is 2. The Morgan fingerprint density at radius 1 is 0.691 bits per heavy atom. The molecule has 14 heteroatoms. The van der Waals surface area contributed by atoms with Crippen LogP contribution in [0.1, 0.15) is 42.4 Å². The van der Waals surface area contributed by atoms with Crippen LogP contribution in [0.2, 0.25) is 0 Å². The highest BCUT2D eigenvalue weighted by Gasteiger charge is 2.17. The van der Waals surface area contributed by atoms with E-state index in [4.69, 9.17) is 10.5 Å². The summed E-state index contributed by atoms with van der Waals surface area (Å²) in [5.41, 5.74) is 12.1. The fourth-order valence-electron chi connectivity index (χ4n) is 5.20. The van der Waals surface area contributed by atoms with Gasteiger partial charge in [0.05, 0.1) is 23.1 Å². The molecule has 0 unspecified atom stereocenters. The fraction of sp³-hybridized carbons (Fsp3) is 0.0732. The van der Waals surface area contributed by atoms with E-state index in [-0.39, 0.29) is 16.5 Å². The smallest absolute Gasteiger partial charge is 0.261 e. The number of carbonyl (C=O) groups excluding carboxylic acids is 2. The van der Waals surface area contributed by atoms with Crippen LogP contribution >= 0.6 is 22.7 Å². The molecular weight excluding hydrogens is 753 g/mol. The van der Waals surface area contributed by atoms with Gasteiger partial charge in [-0.15, -0.1) is 11.3 Å². The maximum Gasteiger partial charge on any atom is 0.261 e. The molecule has 0 bridgehead atoms. The van der Waals surface area contributed by atoms with Gasteiger partial charge in [0.25, 0.3) is 10.0 Å². The van der Waals surface area contributed by atoms with Crippen molar-refractivity contribution in [2.45, 2.75) is 18.7 Å². The number of methoxy groups -OCH3 is 1. The zero-order valence-corrected chi connectivity index (χ0v) is 32.4. The van der Waals surface area contributed by atoms with Crippen molar-refractivity contribution < 1.29 is 22.7 Å². The van der Waals surface area contributed by atoms with Gasteiger partial charge in [0, 0.05) is 39.3 Å². The van der Waals surface area contributed by atoms with E-state index in [2.05, 4.69) is 25.3 Å². The number of anilines is 6. The summed E-state index contributed by atoms with van der Waals surface area (Å²) < 4.78 is 32.8. The molecule has 0 radical (unpaired) electrons. The second-order valence-electron chi connectivity index (χ2n) is 12.1. The first kappa shape index (κ1) is 38.4. The third-order valence-electron chi connectivity index (χ3n) is 8.17. The lowest BCUT2D eigenvalue weighted by Gasteiger charge is -2.10. The number of aryl methyl sites for hydroxylation is 2. The lowest BCUT2D eigenvalue weighted by Crippen LogP contribution is -2.12. The lowest BCUT2D eigenvalue weighted by molar-refractivity contribution is 0.102. The Morgan fingerprint density at radius 3 is 1.84 bits per heavy atom. The maximum atomic E-state index is 12.7. The first-order chi connectivity index (χ1) is 26.5. The Hall–Kier alpha value is -6.35. The molecule has 11 nitrogen and oxygen atoms in total. The van der Waals surface area contributed by atoms with Gasteiger partial charge in [-0.3, -0.25) is 14.3 Å². The molecular formula is C41H36N6O5S3. The number of thiazole rings is 2. The highest BCUT2D eigenvalue weighted by molar-refractivity contribution is 7.92. The zero-order valence-electron chi connectivity index (χ0n) is 29.9. The largest absolute Gasteiger partial charge is 0.497 e. The van der Waals surface area contributed by atoms with Crippen LogP contribution in [0.15, 0.2) is 138 Å². The molecule has 0 aliphatic carbocycles. The second kappa shape index (κ2) is 17.2. The average molecular weight is 789 g/mol. The minimum Gasteiger partial charge on any atom is -0.497 e. The lowest BCUT2D eigenvalue weighted by atomic mass is 10.0. The van der Waals surface area contributed by atoms with Crippen molar-refractivity contribution in [2.75, 3.05) is 28.2 Å². The van der Waals surface area contributed by atoms with Gasteiger partial charge >= 0.3 is 0 Å². The summed E-state index contributed by atoms with van der Waals surface area (Å²) in [6.07, 6.45) is 1.55. The Labute approximate surface area is 327 Å². The van der Waals surface area contributed by atoms with Crippen LogP contribution in [-0.4, -0.2) is 37.1 Å². The summed E-state index contributed by atoms with van der Waals surface area (Å²) in [5.74, 6) is 0.456. The van der Waals surface area contributed by atoms with Gasteiger partial charge in [-0.2, -0.15) is 0 Å². The molecule has 5 aromatic carbocycles. The van der Waals surface area contributed by atoms with Gasteiger partial charge in [-0.05, 0) is 97.8 Å². The van der Waals surface area contributed by atoms with Crippen LogP contribution in [0.4, 0.5) is 33.0 Å². The van der Waals surface area contributed by atoms with Gasteiger partial charge in [-0.1, -0.05) is 59.9 Å². The summed E-state index contributed by atoms with van der Waals surface area (Å²) >= 11 is 2.66. The predicted molar refractivity (Wildman–Crippen MR) is 221 cm³/mol. The first-order valence-corrected chi connectivity index (χ1v) is 20.0. The van der Waals surface area contributed by atoms with Crippen molar-refractivity contribution in [3.8, 4) is 5.75 Å². The van der Waals surface area contributed by atoms with Gasteiger partial charge in [0.2, 0.25) is 11.6 Å². The van der Waals surface area contributed by atoms with E-state index in [9.17, 15) is 18.0 Å². The number of nitrogens with zero attached hydrogens (tertiary/aromatic N) is 2. The highest BCUT2D eigenvalue weighted by atomic mass is 32.2. The number of nitrogens with two attached hydrogens (primary N) is 1. The van der Waals surface area contributed by atoms with Gasteiger partial charge in [0.1, 0.15) is 11.4 Å². The number of ether oxygens (including phenoxy) is 1. The molecule has 0 fully saturated rings. The molecule has 0 saturated carbocycles. The summed E-state index contributed by atoms with van der Waals surface area (Å²) in [7, 11) is -2.20. The van der Waals surface area contributed by atoms with Crippen molar-refractivity contribution in [3.63, 3.8) is 0 Å². The SMILES string of the molecule is COc1ccc(S(=O)(=O)Nc2ccc(Nc3ncc(C(=O)c4ccccc4C)s3)cc2)cc1.Cc1ccccc1C(=O)c1csc(Nc2ccc(N)cc2)n1. The minimum absolute atomic E-state index is 0.0558. The zero-order chi connectivity index (χ0) is 39.0. The quantitative estimate of drug-likeness (QED) is 0.0693. The van der Waals surface area contributed by atoms with E-state index < -0.39 is 10.0 Å². The van der Waals surface area contributed by atoms with Crippen molar-refractivity contribution >= 4 is 77.3 Å². The number of hydrogen-bond donors (Lipinski definition) is 4. The Morgan fingerprint density at radius 2 is 1.24 bits per heavy atom. The summed E-state index contributed by atoms with van der Waals surface area (Å²) in [6, 6.07) is 35.2. The van der Waals surface area contributed by atoms with Crippen LogP contribution in [0, 0.1) is 13.8 Å². The maximum absolute atomic E-state index is 12.7. The topological polar surface area (TPSA) is 165 Å².